The molecule has 1 fully saturated rings. The molecule has 108 valence electrons. The van der Waals surface area contributed by atoms with E-state index in [-0.39, 0.29) is 22.1 Å². The van der Waals surface area contributed by atoms with Crippen molar-refractivity contribution in [2.45, 2.75) is 37.0 Å². The van der Waals surface area contributed by atoms with Crippen molar-refractivity contribution in [1.29, 1.82) is 0 Å². The van der Waals surface area contributed by atoms with Crippen LogP contribution in [0.25, 0.3) is 0 Å². The Morgan fingerprint density at radius 3 is 2.55 bits per heavy atom. The molecule has 3 rings (SSSR count). The van der Waals surface area contributed by atoms with Crippen LogP contribution in [-0.2, 0) is 19.3 Å². The van der Waals surface area contributed by atoms with Gasteiger partial charge >= 0.3 is 0 Å². The highest BCUT2D eigenvalue weighted by atomic mass is 35.7. The van der Waals surface area contributed by atoms with Crippen LogP contribution in [-0.4, -0.2) is 20.9 Å². The number of carbonyl (C=O) groups excluding carboxylic acids is 1. The van der Waals surface area contributed by atoms with E-state index in [1.54, 1.807) is 17.0 Å². The third-order valence-electron chi connectivity index (χ3n) is 4.02. The second kappa shape index (κ2) is 4.21. The van der Waals surface area contributed by atoms with Gasteiger partial charge in [0.05, 0.1) is 4.90 Å². The Morgan fingerprint density at radius 1 is 1.35 bits per heavy atom. The van der Waals surface area contributed by atoms with Gasteiger partial charge < -0.3 is 4.90 Å². The third-order valence-corrected chi connectivity index (χ3v) is 5.37. The number of halogens is 1. The van der Waals surface area contributed by atoms with Gasteiger partial charge in [-0.1, -0.05) is 13.8 Å². The van der Waals surface area contributed by atoms with Crippen LogP contribution in [0.1, 0.15) is 32.3 Å². The summed E-state index contributed by atoms with van der Waals surface area (Å²) >= 11 is 0. The van der Waals surface area contributed by atoms with E-state index in [1.807, 2.05) is 13.8 Å². The van der Waals surface area contributed by atoms with E-state index in [2.05, 4.69) is 0 Å². The fourth-order valence-electron chi connectivity index (χ4n) is 2.76. The number of fused-ring (bicyclic) bond motifs is 1. The largest absolute Gasteiger partial charge is 0.311 e. The SMILES string of the molecule is CC1(C)CN(C(=O)C2CC2)c2ccc(S(=O)(=O)Cl)cc21. The zero-order valence-electron chi connectivity index (χ0n) is 11.4. The van der Waals surface area contributed by atoms with Crippen molar-refractivity contribution in [2.75, 3.05) is 11.4 Å². The Balaban J connectivity index is 2.08. The fraction of sp³-hybridized carbons (Fsp3) is 0.500. The molecular formula is C14H16ClNO3S. The number of hydrogen-bond acceptors (Lipinski definition) is 3. The molecule has 0 atom stereocenters. The Hall–Kier alpha value is -1.07. The first-order chi connectivity index (χ1) is 9.20. The summed E-state index contributed by atoms with van der Waals surface area (Å²) in [5.74, 6) is 0.298. The summed E-state index contributed by atoms with van der Waals surface area (Å²) in [7, 11) is 1.66. The van der Waals surface area contributed by atoms with Gasteiger partial charge in [0.2, 0.25) is 5.91 Å². The first kappa shape index (κ1) is 13.9. The molecular weight excluding hydrogens is 298 g/mol. The maximum Gasteiger partial charge on any atom is 0.261 e. The third kappa shape index (κ3) is 2.23. The molecule has 0 N–H and O–H groups in total. The van der Waals surface area contributed by atoms with Crippen molar-refractivity contribution in [3.63, 3.8) is 0 Å². The quantitative estimate of drug-likeness (QED) is 0.789. The van der Waals surface area contributed by atoms with Crippen molar-refractivity contribution in [1.82, 2.24) is 0 Å². The minimum atomic E-state index is -3.75. The van der Waals surface area contributed by atoms with Crippen molar-refractivity contribution in [3.8, 4) is 0 Å². The molecule has 1 aromatic carbocycles. The van der Waals surface area contributed by atoms with Crippen LogP contribution < -0.4 is 4.90 Å². The topological polar surface area (TPSA) is 54.5 Å². The summed E-state index contributed by atoms with van der Waals surface area (Å²) < 4.78 is 22.9. The van der Waals surface area contributed by atoms with Crippen LogP contribution in [0.15, 0.2) is 23.1 Å². The highest BCUT2D eigenvalue weighted by Gasteiger charge is 2.43. The zero-order valence-corrected chi connectivity index (χ0v) is 13.0. The van der Waals surface area contributed by atoms with Crippen LogP contribution in [0.3, 0.4) is 0 Å². The molecule has 4 nitrogen and oxygen atoms in total. The first-order valence-corrected chi connectivity index (χ1v) is 8.92. The number of hydrogen-bond donors (Lipinski definition) is 0. The van der Waals surface area contributed by atoms with Crippen LogP contribution in [0.4, 0.5) is 5.69 Å². The molecule has 0 radical (unpaired) electrons. The molecule has 0 saturated heterocycles. The van der Waals surface area contributed by atoms with Crippen molar-refractivity contribution < 1.29 is 13.2 Å². The van der Waals surface area contributed by atoms with E-state index < -0.39 is 9.05 Å². The number of anilines is 1. The molecule has 0 bridgehead atoms. The average molecular weight is 314 g/mol. The van der Waals surface area contributed by atoms with Crippen LogP contribution in [0.5, 0.6) is 0 Å². The molecule has 0 unspecified atom stereocenters. The Morgan fingerprint density at radius 2 is 2.00 bits per heavy atom. The maximum atomic E-state index is 12.3. The van der Waals surface area contributed by atoms with E-state index in [0.29, 0.717) is 6.54 Å². The molecule has 1 aliphatic heterocycles. The second-order valence-electron chi connectivity index (χ2n) is 6.20. The van der Waals surface area contributed by atoms with E-state index >= 15 is 0 Å². The summed E-state index contributed by atoms with van der Waals surface area (Å²) in [6, 6.07) is 4.76. The molecule has 0 aromatic heterocycles. The number of rotatable bonds is 2. The molecule has 1 saturated carbocycles. The molecule has 1 amide bonds. The number of benzene rings is 1. The Bertz CT molecular complexity index is 692. The zero-order chi connectivity index (χ0) is 14.7. The monoisotopic (exact) mass is 313 g/mol. The smallest absolute Gasteiger partial charge is 0.261 e. The lowest BCUT2D eigenvalue weighted by molar-refractivity contribution is -0.119. The summed E-state index contributed by atoms with van der Waals surface area (Å²) in [5, 5.41) is 0. The highest BCUT2D eigenvalue weighted by molar-refractivity contribution is 8.13. The lowest BCUT2D eigenvalue weighted by Gasteiger charge is -2.20. The molecule has 0 spiro atoms. The van der Waals surface area contributed by atoms with Gasteiger partial charge in [-0.15, -0.1) is 0 Å². The van der Waals surface area contributed by atoms with Gasteiger partial charge in [-0.3, -0.25) is 4.79 Å². The van der Waals surface area contributed by atoms with E-state index in [0.717, 1.165) is 24.1 Å². The van der Waals surface area contributed by atoms with Crippen LogP contribution >= 0.6 is 10.7 Å². The summed E-state index contributed by atoms with van der Waals surface area (Å²) in [6.45, 7) is 4.61. The van der Waals surface area contributed by atoms with Gasteiger partial charge in [-0.2, -0.15) is 0 Å². The number of carbonyl (C=O) groups is 1. The van der Waals surface area contributed by atoms with Crippen molar-refractivity contribution >= 4 is 31.3 Å². The Kier molecular flexibility index (Phi) is 2.93. The lowest BCUT2D eigenvalue weighted by Crippen LogP contribution is -2.34. The summed E-state index contributed by atoms with van der Waals surface area (Å²) in [5.41, 5.74) is 1.42. The van der Waals surface area contributed by atoms with E-state index in [9.17, 15) is 13.2 Å². The summed E-state index contributed by atoms with van der Waals surface area (Å²) in [6.07, 6.45) is 1.92. The van der Waals surface area contributed by atoms with Gasteiger partial charge in [-0.25, -0.2) is 8.42 Å². The van der Waals surface area contributed by atoms with Gasteiger partial charge in [0, 0.05) is 34.2 Å². The van der Waals surface area contributed by atoms with Gasteiger partial charge in [0.25, 0.3) is 9.05 Å². The van der Waals surface area contributed by atoms with Gasteiger partial charge in [-0.05, 0) is 36.6 Å². The predicted molar refractivity (Wildman–Crippen MR) is 77.6 cm³/mol. The van der Waals surface area contributed by atoms with Gasteiger partial charge in [0.15, 0.2) is 0 Å². The fourth-order valence-corrected chi connectivity index (χ4v) is 3.53. The average Bonchev–Trinajstić information content (AvgIpc) is 3.14. The van der Waals surface area contributed by atoms with Crippen molar-refractivity contribution in [2.24, 2.45) is 5.92 Å². The Labute approximate surface area is 123 Å². The normalized spacial score (nSPS) is 20.9. The molecule has 20 heavy (non-hydrogen) atoms. The first-order valence-electron chi connectivity index (χ1n) is 6.61. The molecule has 1 aliphatic carbocycles. The standard InChI is InChI=1S/C14H16ClNO3S/c1-14(2)8-16(13(17)9-3-4-9)12-6-5-10(7-11(12)14)20(15,18)19/h5-7,9H,3-4,8H2,1-2H3. The summed E-state index contributed by atoms with van der Waals surface area (Å²) in [4.78, 5) is 14.2. The molecule has 1 aromatic rings. The minimum absolute atomic E-state index is 0.0895. The molecule has 2 aliphatic rings. The number of amides is 1. The van der Waals surface area contributed by atoms with Gasteiger partial charge in [0.1, 0.15) is 0 Å². The second-order valence-corrected chi connectivity index (χ2v) is 8.77. The predicted octanol–water partition coefficient (Wildman–Crippen LogP) is 2.65. The van der Waals surface area contributed by atoms with Crippen molar-refractivity contribution in [3.05, 3.63) is 23.8 Å². The van der Waals surface area contributed by atoms with Crippen LogP contribution in [0.2, 0.25) is 0 Å². The highest BCUT2D eigenvalue weighted by Crippen LogP contribution is 2.44. The molecule has 6 heteroatoms. The van der Waals surface area contributed by atoms with E-state index in [4.69, 9.17) is 10.7 Å². The maximum absolute atomic E-state index is 12.3. The number of nitrogens with zero attached hydrogens (tertiary/aromatic N) is 1. The molecule has 1 heterocycles. The lowest BCUT2D eigenvalue weighted by atomic mass is 9.87. The van der Waals surface area contributed by atoms with E-state index in [1.165, 1.54) is 6.07 Å². The van der Waals surface area contributed by atoms with Crippen LogP contribution in [0, 0.1) is 5.92 Å². The minimum Gasteiger partial charge on any atom is -0.311 e.